The molecule has 5 rings (SSSR count). The number of nitrogens with zero attached hydrogens (tertiary/aromatic N) is 5. The van der Waals surface area contributed by atoms with E-state index in [1.54, 1.807) is 17.2 Å². The largest absolute Gasteiger partial charge is 0.390 e. The van der Waals surface area contributed by atoms with E-state index in [1.165, 1.54) is 11.8 Å². The van der Waals surface area contributed by atoms with Gasteiger partial charge in [0.15, 0.2) is 0 Å². The van der Waals surface area contributed by atoms with Crippen molar-refractivity contribution in [2.24, 2.45) is 5.92 Å². The number of hydrogen-bond donors (Lipinski definition) is 2. The van der Waals surface area contributed by atoms with Gasteiger partial charge in [-0.2, -0.15) is 4.98 Å². The lowest BCUT2D eigenvalue weighted by Crippen LogP contribution is -2.49. The molecular formula is C26H33FN6O3S. The Morgan fingerprint density at radius 2 is 1.89 bits per heavy atom. The van der Waals surface area contributed by atoms with Gasteiger partial charge in [-0.05, 0) is 41.5 Å². The molecule has 2 atom stereocenters. The molecule has 0 aliphatic carbocycles. The molecule has 2 N–H and O–H groups in total. The van der Waals surface area contributed by atoms with Crippen molar-refractivity contribution >= 4 is 43.9 Å². The van der Waals surface area contributed by atoms with Gasteiger partial charge in [0.2, 0.25) is 5.95 Å². The first-order chi connectivity index (χ1) is 17.6. The lowest BCUT2D eigenvalue weighted by molar-refractivity contribution is 0.0612. The van der Waals surface area contributed by atoms with E-state index in [0.717, 1.165) is 16.5 Å². The van der Waals surface area contributed by atoms with Crippen molar-refractivity contribution in [1.29, 1.82) is 0 Å². The summed E-state index contributed by atoms with van der Waals surface area (Å²) in [6.07, 6.45) is 2.83. The molecule has 0 saturated carbocycles. The number of rotatable bonds is 7. The average Bonchev–Trinajstić information content (AvgIpc) is 2.82. The molecule has 2 saturated heterocycles. The number of anilines is 4. The van der Waals surface area contributed by atoms with Gasteiger partial charge in [0.05, 0.1) is 18.4 Å². The van der Waals surface area contributed by atoms with Crippen LogP contribution in [0.2, 0.25) is 0 Å². The maximum atomic E-state index is 14.0. The van der Waals surface area contributed by atoms with Crippen LogP contribution in [-0.2, 0) is 9.84 Å². The van der Waals surface area contributed by atoms with Gasteiger partial charge in [-0.15, -0.1) is 0 Å². The second-order valence-electron chi connectivity index (χ2n) is 10.5. The number of benzene rings is 1. The van der Waals surface area contributed by atoms with E-state index < -0.39 is 22.1 Å². The third-order valence-corrected chi connectivity index (χ3v) is 8.14. The van der Waals surface area contributed by atoms with Crippen LogP contribution in [0.5, 0.6) is 0 Å². The molecule has 4 heterocycles. The summed E-state index contributed by atoms with van der Waals surface area (Å²) in [5, 5.41) is 15.0. The van der Waals surface area contributed by atoms with E-state index in [-0.39, 0.29) is 18.2 Å². The minimum atomic E-state index is -2.99. The summed E-state index contributed by atoms with van der Waals surface area (Å²) in [7, 11) is -2.99. The fourth-order valence-corrected chi connectivity index (χ4v) is 6.24. The number of piperidine rings is 1. The van der Waals surface area contributed by atoms with Crippen LogP contribution in [-0.4, -0.2) is 78.9 Å². The molecule has 2 aromatic heterocycles. The number of halogens is 1. The predicted molar refractivity (Wildman–Crippen MR) is 144 cm³/mol. The zero-order valence-corrected chi connectivity index (χ0v) is 22.1. The molecule has 2 fully saturated rings. The molecule has 0 unspecified atom stereocenters. The van der Waals surface area contributed by atoms with Crippen molar-refractivity contribution in [3.05, 3.63) is 42.2 Å². The Balaban J connectivity index is 1.39. The molecule has 0 bridgehead atoms. The predicted octanol–water partition coefficient (Wildman–Crippen LogP) is 3.28. The Hall–Kier alpha value is -3.05. The molecule has 0 radical (unpaired) electrons. The van der Waals surface area contributed by atoms with Gasteiger partial charge in [-0.25, -0.2) is 22.8 Å². The first-order valence-corrected chi connectivity index (χ1v) is 14.7. The van der Waals surface area contributed by atoms with Crippen LogP contribution >= 0.6 is 0 Å². The Kier molecular flexibility index (Phi) is 6.93. The molecule has 3 aromatic rings. The Morgan fingerprint density at radius 1 is 1.11 bits per heavy atom. The zero-order valence-electron chi connectivity index (χ0n) is 21.3. The van der Waals surface area contributed by atoms with E-state index in [1.807, 2.05) is 12.3 Å². The second-order valence-corrected chi connectivity index (χ2v) is 12.7. The Labute approximate surface area is 216 Å². The number of hydrogen-bond acceptors (Lipinski definition) is 9. The standard InChI is InChI=1S/C26H33FN6O3S/c1-16(2)18-4-5-22(33-12-17(13-33)15-37(3,35)36)20-11-29-25(10-19(18)20)30-24-6-8-28-26(31-24)32-9-7-23(34)21(27)14-32/h4-6,8,10-11,16-17,21,23,34H,7,9,12-15H2,1-3H3,(H,28,29,30,31)/t21-,23+/m1/s1. The summed E-state index contributed by atoms with van der Waals surface area (Å²) in [6.45, 7) is 6.26. The summed E-state index contributed by atoms with van der Waals surface area (Å²) in [5.74, 6) is 2.25. The van der Waals surface area contributed by atoms with Crippen LogP contribution in [0.1, 0.15) is 31.7 Å². The molecule has 0 spiro atoms. The van der Waals surface area contributed by atoms with Gasteiger partial charge >= 0.3 is 0 Å². The third kappa shape index (κ3) is 5.62. The monoisotopic (exact) mass is 528 g/mol. The summed E-state index contributed by atoms with van der Waals surface area (Å²) >= 11 is 0. The number of alkyl halides is 1. The molecule has 0 amide bonds. The number of aliphatic hydroxyl groups excluding tert-OH is 1. The Morgan fingerprint density at radius 3 is 2.59 bits per heavy atom. The molecule has 11 heteroatoms. The summed E-state index contributed by atoms with van der Waals surface area (Å²) in [4.78, 5) is 17.4. The first-order valence-electron chi connectivity index (χ1n) is 12.6. The van der Waals surface area contributed by atoms with E-state index >= 15 is 0 Å². The smallest absolute Gasteiger partial charge is 0.227 e. The maximum Gasteiger partial charge on any atom is 0.227 e. The number of aromatic nitrogens is 3. The van der Waals surface area contributed by atoms with Gasteiger partial charge in [0, 0.05) is 55.3 Å². The number of fused-ring (bicyclic) bond motifs is 1. The fraction of sp³-hybridized carbons (Fsp3) is 0.500. The molecule has 37 heavy (non-hydrogen) atoms. The van der Waals surface area contributed by atoms with Crippen molar-refractivity contribution in [3.63, 3.8) is 0 Å². The summed E-state index contributed by atoms with van der Waals surface area (Å²) in [5.41, 5.74) is 2.25. The van der Waals surface area contributed by atoms with Gasteiger partial charge in [0.25, 0.3) is 0 Å². The van der Waals surface area contributed by atoms with Crippen LogP contribution in [0.15, 0.2) is 36.7 Å². The van der Waals surface area contributed by atoms with Crippen LogP contribution in [0.25, 0.3) is 10.8 Å². The van der Waals surface area contributed by atoms with Crippen LogP contribution in [0.3, 0.4) is 0 Å². The second kappa shape index (κ2) is 10.0. The zero-order chi connectivity index (χ0) is 26.3. The highest BCUT2D eigenvalue weighted by atomic mass is 32.2. The van der Waals surface area contributed by atoms with Crippen molar-refractivity contribution in [3.8, 4) is 0 Å². The first kappa shape index (κ1) is 25.6. The highest BCUT2D eigenvalue weighted by Crippen LogP contribution is 2.37. The SMILES string of the molecule is CC(C)c1ccc(N2CC(CS(C)(=O)=O)C2)c2cnc(Nc3ccnc(N4CC[C@H](O)[C@H](F)C4)n3)cc12. The molecule has 9 nitrogen and oxygen atoms in total. The number of sulfone groups is 1. The van der Waals surface area contributed by atoms with E-state index in [2.05, 4.69) is 51.1 Å². The average molecular weight is 529 g/mol. The van der Waals surface area contributed by atoms with E-state index in [0.29, 0.717) is 49.6 Å². The van der Waals surface area contributed by atoms with Crippen molar-refractivity contribution in [2.75, 3.05) is 53.3 Å². The molecule has 1 aromatic carbocycles. The molecule has 2 aliphatic rings. The van der Waals surface area contributed by atoms with Crippen LogP contribution < -0.4 is 15.1 Å². The van der Waals surface area contributed by atoms with Crippen LogP contribution in [0.4, 0.5) is 27.7 Å². The van der Waals surface area contributed by atoms with Crippen molar-refractivity contribution in [1.82, 2.24) is 15.0 Å². The number of pyridine rings is 1. The van der Waals surface area contributed by atoms with Gasteiger partial charge in [-0.3, -0.25) is 0 Å². The minimum Gasteiger partial charge on any atom is -0.390 e. The van der Waals surface area contributed by atoms with Gasteiger partial charge < -0.3 is 20.2 Å². The Bertz CT molecular complexity index is 1400. The summed E-state index contributed by atoms with van der Waals surface area (Å²) in [6, 6.07) is 7.99. The molecule has 198 valence electrons. The van der Waals surface area contributed by atoms with Crippen LogP contribution in [0, 0.1) is 5.92 Å². The van der Waals surface area contributed by atoms with E-state index in [4.69, 9.17) is 0 Å². The van der Waals surface area contributed by atoms with E-state index in [9.17, 15) is 17.9 Å². The highest BCUT2D eigenvalue weighted by Gasteiger charge is 2.31. The highest BCUT2D eigenvalue weighted by molar-refractivity contribution is 7.90. The van der Waals surface area contributed by atoms with Gasteiger partial charge in [-0.1, -0.05) is 19.9 Å². The summed E-state index contributed by atoms with van der Waals surface area (Å²) < 4.78 is 37.3. The quantitative estimate of drug-likeness (QED) is 0.477. The van der Waals surface area contributed by atoms with Crippen molar-refractivity contribution in [2.45, 2.75) is 38.5 Å². The third-order valence-electron chi connectivity index (χ3n) is 7.06. The normalized spacial score (nSPS) is 20.9. The number of nitrogens with one attached hydrogen (secondary N) is 1. The van der Waals surface area contributed by atoms with Crippen molar-refractivity contribution < 1.29 is 17.9 Å². The number of aliphatic hydroxyl groups is 1. The minimum absolute atomic E-state index is 0.0565. The molecule has 2 aliphatic heterocycles. The van der Waals surface area contributed by atoms with Gasteiger partial charge in [0.1, 0.15) is 27.6 Å². The molecular weight excluding hydrogens is 495 g/mol. The lowest BCUT2D eigenvalue weighted by atomic mass is 9.93. The maximum absolute atomic E-state index is 14.0. The fourth-order valence-electron chi connectivity index (χ4n) is 5.17. The lowest BCUT2D eigenvalue weighted by Gasteiger charge is -2.41. The topological polar surface area (TPSA) is 112 Å².